The molecular weight excluding hydrogens is 170 g/mol. The number of aliphatic hydroxyl groups excluding tert-OH is 1. The molecule has 13 heavy (non-hydrogen) atoms. The topological polar surface area (TPSA) is 68.0 Å². The second-order valence-electron chi connectivity index (χ2n) is 2.69. The van der Waals surface area contributed by atoms with Gasteiger partial charge in [-0.15, -0.1) is 5.10 Å². The number of hydrogen-bond acceptors (Lipinski definition) is 4. The molecular formula is C8H13N3O2. The highest BCUT2D eigenvalue weighted by Crippen LogP contribution is 2.04. The Morgan fingerprint density at radius 1 is 1.62 bits per heavy atom. The smallest absolute Gasteiger partial charge is 0.172 e. The molecule has 1 rings (SSSR count). The van der Waals surface area contributed by atoms with Gasteiger partial charge in [0.2, 0.25) is 0 Å². The van der Waals surface area contributed by atoms with Gasteiger partial charge in [0.05, 0.1) is 5.69 Å². The van der Waals surface area contributed by atoms with Crippen LogP contribution in [0.25, 0.3) is 0 Å². The number of aldehydes is 1. The van der Waals surface area contributed by atoms with Gasteiger partial charge in [-0.2, -0.15) is 0 Å². The predicted octanol–water partition coefficient (Wildman–Crippen LogP) is 0.0354. The predicted molar refractivity (Wildman–Crippen MR) is 46.5 cm³/mol. The summed E-state index contributed by atoms with van der Waals surface area (Å²) in [6.07, 6.45) is 2.07. The van der Waals surface area contributed by atoms with E-state index in [2.05, 4.69) is 10.3 Å². The highest BCUT2D eigenvalue weighted by atomic mass is 16.3. The summed E-state index contributed by atoms with van der Waals surface area (Å²) in [5.74, 6) is 0. The van der Waals surface area contributed by atoms with Crippen LogP contribution in [0, 0.1) is 0 Å². The molecule has 72 valence electrons. The maximum atomic E-state index is 10.5. The maximum absolute atomic E-state index is 10.5. The number of aliphatic hydroxyl groups is 1. The minimum atomic E-state index is 0.124. The van der Waals surface area contributed by atoms with Crippen molar-refractivity contribution in [2.75, 3.05) is 6.61 Å². The first-order valence-electron chi connectivity index (χ1n) is 4.31. The molecule has 0 saturated heterocycles. The highest BCUT2D eigenvalue weighted by molar-refractivity contribution is 5.73. The van der Waals surface area contributed by atoms with Gasteiger partial charge in [-0.1, -0.05) is 12.1 Å². The third-order valence-corrected chi connectivity index (χ3v) is 1.84. The van der Waals surface area contributed by atoms with Crippen LogP contribution >= 0.6 is 0 Å². The Labute approximate surface area is 76.4 Å². The summed E-state index contributed by atoms with van der Waals surface area (Å²) in [6.45, 7) is 2.68. The number of hydrogen-bond donors (Lipinski definition) is 1. The van der Waals surface area contributed by atoms with E-state index in [9.17, 15) is 4.79 Å². The number of aryl methyl sites for hydroxylation is 1. The molecule has 0 aromatic carbocycles. The fourth-order valence-electron chi connectivity index (χ4n) is 1.20. The molecule has 1 aromatic heterocycles. The van der Waals surface area contributed by atoms with Crippen LogP contribution in [0.1, 0.15) is 29.5 Å². The van der Waals surface area contributed by atoms with Crippen LogP contribution in [0.3, 0.4) is 0 Å². The van der Waals surface area contributed by atoms with Gasteiger partial charge in [-0.05, 0) is 12.8 Å². The van der Waals surface area contributed by atoms with Crippen molar-refractivity contribution in [2.24, 2.45) is 0 Å². The summed E-state index contributed by atoms with van der Waals surface area (Å²) in [5.41, 5.74) is 1.24. The van der Waals surface area contributed by atoms with E-state index < -0.39 is 0 Å². The number of aromatic nitrogens is 3. The number of carbonyl (C=O) groups excluding carboxylic acids is 1. The number of rotatable bonds is 5. The lowest BCUT2D eigenvalue weighted by Crippen LogP contribution is -2.06. The van der Waals surface area contributed by atoms with Gasteiger partial charge in [-0.3, -0.25) is 4.79 Å². The largest absolute Gasteiger partial charge is 0.396 e. The lowest BCUT2D eigenvalue weighted by Gasteiger charge is -2.02. The number of carbonyl (C=O) groups is 1. The maximum Gasteiger partial charge on any atom is 0.172 e. The molecule has 0 radical (unpaired) electrons. The van der Waals surface area contributed by atoms with E-state index in [1.54, 1.807) is 4.68 Å². The van der Waals surface area contributed by atoms with Crippen LogP contribution in [-0.2, 0) is 13.0 Å². The first-order valence-corrected chi connectivity index (χ1v) is 4.31. The number of nitrogens with zero attached hydrogens (tertiary/aromatic N) is 3. The molecule has 0 fully saturated rings. The molecule has 5 nitrogen and oxygen atoms in total. The second kappa shape index (κ2) is 4.71. The van der Waals surface area contributed by atoms with Crippen LogP contribution in [0.2, 0.25) is 0 Å². The lowest BCUT2D eigenvalue weighted by molar-refractivity contribution is 0.111. The summed E-state index contributed by atoms with van der Waals surface area (Å²) in [7, 11) is 0. The van der Waals surface area contributed by atoms with Crippen molar-refractivity contribution in [3.05, 3.63) is 11.4 Å². The van der Waals surface area contributed by atoms with E-state index >= 15 is 0 Å². The van der Waals surface area contributed by atoms with Crippen LogP contribution < -0.4 is 0 Å². The van der Waals surface area contributed by atoms with Crippen LogP contribution in [-0.4, -0.2) is 33.0 Å². The summed E-state index contributed by atoms with van der Waals surface area (Å²) in [4.78, 5) is 10.5. The van der Waals surface area contributed by atoms with Crippen LogP contribution in [0.15, 0.2) is 0 Å². The molecule has 0 bridgehead atoms. The van der Waals surface area contributed by atoms with Gasteiger partial charge in [0.15, 0.2) is 6.29 Å². The molecule has 0 unspecified atom stereocenters. The molecule has 0 saturated carbocycles. The van der Waals surface area contributed by atoms with E-state index in [4.69, 9.17) is 5.11 Å². The molecule has 0 spiro atoms. The average molecular weight is 183 g/mol. The Hall–Kier alpha value is -1.23. The van der Waals surface area contributed by atoms with Gasteiger partial charge in [0, 0.05) is 13.2 Å². The lowest BCUT2D eigenvalue weighted by atomic mass is 10.2. The molecule has 0 aliphatic heterocycles. The minimum Gasteiger partial charge on any atom is -0.396 e. The summed E-state index contributed by atoms with van der Waals surface area (Å²) < 4.78 is 1.67. The van der Waals surface area contributed by atoms with Crippen molar-refractivity contribution >= 4 is 6.29 Å². The van der Waals surface area contributed by atoms with Crippen molar-refractivity contribution in [1.29, 1.82) is 0 Å². The first kappa shape index (κ1) is 9.85. The Bertz CT molecular complexity index is 283. The SMILES string of the molecule is CCc1c(C=O)nnn1CCCO. The third-order valence-electron chi connectivity index (χ3n) is 1.84. The van der Waals surface area contributed by atoms with E-state index in [1.807, 2.05) is 6.92 Å². The monoisotopic (exact) mass is 183 g/mol. The van der Waals surface area contributed by atoms with E-state index in [-0.39, 0.29) is 6.61 Å². The molecule has 5 heteroatoms. The molecule has 0 aliphatic rings. The minimum absolute atomic E-state index is 0.124. The quantitative estimate of drug-likeness (QED) is 0.654. The Kier molecular flexibility index (Phi) is 3.57. The van der Waals surface area contributed by atoms with Gasteiger partial charge >= 0.3 is 0 Å². The van der Waals surface area contributed by atoms with Crippen LogP contribution in [0.5, 0.6) is 0 Å². The molecule has 1 N–H and O–H groups in total. The van der Waals surface area contributed by atoms with Crippen LogP contribution in [0.4, 0.5) is 0 Å². The fraction of sp³-hybridized carbons (Fsp3) is 0.625. The van der Waals surface area contributed by atoms with Crippen molar-refractivity contribution in [1.82, 2.24) is 15.0 Å². The third kappa shape index (κ3) is 2.12. The summed E-state index contributed by atoms with van der Waals surface area (Å²) >= 11 is 0. The molecule has 0 amide bonds. The van der Waals surface area contributed by atoms with Gasteiger partial charge in [-0.25, -0.2) is 4.68 Å². The second-order valence-corrected chi connectivity index (χ2v) is 2.69. The Morgan fingerprint density at radius 2 is 2.38 bits per heavy atom. The van der Waals surface area contributed by atoms with Gasteiger partial charge in [0.1, 0.15) is 5.69 Å². The van der Waals surface area contributed by atoms with Crippen molar-refractivity contribution < 1.29 is 9.90 Å². The fourth-order valence-corrected chi connectivity index (χ4v) is 1.20. The average Bonchev–Trinajstić information content (AvgIpc) is 2.56. The van der Waals surface area contributed by atoms with Gasteiger partial charge in [0.25, 0.3) is 0 Å². The Balaban J connectivity index is 2.81. The molecule has 1 heterocycles. The van der Waals surface area contributed by atoms with E-state index in [0.717, 1.165) is 12.1 Å². The standard InChI is InChI=1S/C8H13N3O2/c1-2-8-7(6-13)9-10-11(8)4-3-5-12/h6,12H,2-5H2,1H3. The normalized spacial score (nSPS) is 10.3. The molecule has 0 aliphatic carbocycles. The van der Waals surface area contributed by atoms with Crippen molar-refractivity contribution in [3.63, 3.8) is 0 Å². The molecule has 0 atom stereocenters. The summed E-state index contributed by atoms with van der Waals surface area (Å²) in [6, 6.07) is 0. The first-order chi connectivity index (χ1) is 6.33. The highest BCUT2D eigenvalue weighted by Gasteiger charge is 2.08. The zero-order valence-electron chi connectivity index (χ0n) is 7.60. The zero-order valence-corrected chi connectivity index (χ0v) is 7.60. The summed E-state index contributed by atoms with van der Waals surface area (Å²) in [5, 5.41) is 16.2. The van der Waals surface area contributed by atoms with Crippen molar-refractivity contribution in [2.45, 2.75) is 26.3 Å². The zero-order chi connectivity index (χ0) is 9.68. The molecule has 1 aromatic rings. The van der Waals surface area contributed by atoms with E-state index in [1.165, 1.54) is 0 Å². The Morgan fingerprint density at radius 3 is 2.92 bits per heavy atom. The van der Waals surface area contributed by atoms with Gasteiger partial charge < -0.3 is 5.11 Å². The van der Waals surface area contributed by atoms with Crippen molar-refractivity contribution in [3.8, 4) is 0 Å². The van der Waals surface area contributed by atoms with E-state index in [0.29, 0.717) is 24.9 Å².